The molecule has 0 saturated carbocycles. The van der Waals surface area contributed by atoms with E-state index in [1.807, 2.05) is 0 Å². The van der Waals surface area contributed by atoms with Gasteiger partial charge in [0.05, 0.1) is 11.1 Å². The van der Waals surface area contributed by atoms with Gasteiger partial charge in [-0.15, -0.1) is 0 Å². The van der Waals surface area contributed by atoms with Crippen LogP contribution in [0.3, 0.4) is 0 Å². The Morgan fingerprint density at radius 2 is 1.45 bits per heavy atom. The maximum Gasteiger partial charge on any atom is 0.261 e. The topological polar surface area (TPSA) is 71.5 Å². The molecular formula is C15H13NO4. The molecule has 1 aromatic carbocycles. The van der Waals surface area contributed by atoms with Crippen LogP contribution in [0, 0.1) is 0 Å². The Balaban J connectivity index is 2.75. The number of carbonyl (C=O) groups excluding carboxylic acids is 4. The van der Waals surface area contributed by atoms with Gasteiger partial charge in [-0.25, -0.2) is 0 Å². The van der Waals surface area contributed by atoms with E-state index in [-0.39, 0.29) is 33.6 Å². The first-order valence-electron chi connectivity index (χ1n) is 5.97. The summed E-state index contributed by atoms with van der Waals surface area (Å²) < 4.78 is 0. The number of hydrogen-bond donors (Lipinski definition) is 0. The molecule has 0 saturated heterocycles. The molecule has 0 spiro atoms. The van der Waals surface area contributed by atoms with Gasteiger partial charge >= 0.3 is 0 Å². The second kappa shape index (κ2) is 4.52. The fourth-order valence-electron chi connectivity index (χ4n) is 2.12. The van der Waals surface area contributed by atoms with E-state index in [0.29, 0.717) is 0 Å². The predicted molar refractivity (Wildman–Crippen MR) is 72.0 cm³/mol. The second-order valence-corrected chi connectivity index (χ2v) is 4.78. The molecule has 0 radical (unpaired) electrons. The number of allylic oxidation sites excluding steroid dienone is 1. The van der Waals surface area contributed by atoms with Crippen LogP contribution in [0.25, 0.3) is 0 Å². The zero-order chi connectivity index (χ0) is 15.2. The molecule has 2 amide bonds. The molecule has 0 N–H and O–H groups in total. The van der Waals surface area contributed by atoms with Gasteiger partial charge in [-0.05, 0) is 31.6 Å². The van der Waals surface area contributed by atoms with Crippen molar-refractivity contribution < 1.29 is 19.2 Å². The normalized spacial score (nSPS) is 13.4. The van der Waals surface area contributed by atoms with Crippen LogP contribution >= 0.6 is 0 Å². The number of rotatable bonds is 3. The van der Waals surface area contributed by atoms with Gasteiger partial charge in [-0.3, -0.25) is 24.1 Å². The summed E-state index contributed by atoms with van der Waals surface area (Å²) >= 11 is 0. The molecule has 1 aromatic rings. The van der Waals surface area contributed by atoms with Crippen LogP contribution in [0.1, 0.15) is 55.3 Å². The van der Waals surface area contributed by atoms with Crippen molar-refractivity contribution in [3.05, 3.63) is 46.5 Å². The van der Waals surface area contributed by atoms with Crippen molar-refractivity contribution in [3.63, 3.8) is 0 Å². The monoisotopic (exact) mass is 271 g/mol. The average molecular weight is 271 g/mol. The van der Waals surface area contributed by atoms with Crippen LogP contribution in [0.2, 0.25) is 0 Å². The minimum atomic E-state index is -0.476. The van der Waals surface area contributed by atoms with Crippen molar-refractivity contribution >= 4 is 23.4 Å². The van der Waals surface area contributed by atoms with Crippen LogP contribution in [-0.4, -0.2) is 35.3 Å². The first-order chi connectivity index (χ1) is 9.25. The number of benzene rings is 1. The van der Waals surface area contributed by atoms with Crippen LogP contribution in [0.4, 0.5) is 0 Å². The lowest BCUT2D eigenvalue weighted by Gasteiger charge is -2.07. The summed E-state index contributed by atoms with van der Waals surface area (Å²) in [6, 6.07) is 2.63. The summed E-state index contributed by atoms with van der Waals surface area (Å²) in [5.41, 5.74) is 0.805. The molecule has 5 nitrogen and oxygen atoms in total. The van der Waals surface area contributed by atoms with Gasteiger partial charge in [0, 0.05) is 18.2 Å². The number of Topliss-reactive ketones (excluding diaryl/α,β-unsaturated/α-hetero) is 2. The van der Waals surface area contributed by atoms with E-state index in [9.17, 15) is 19.2 Å². The lowest BCUT2D eigenvalue weighted by molar-refractivity contribution is 0.0692. The fraction of sp³-hybridized carbons (Fsp3) is 0.200. The van der Waals surface area contributed by atoms with Gasteiger partial charge in [0.15, 0.2) is 11.6 Å². The third kappa shape index (κ3) is 1.87. The summed E-state index contributed by atoms with van der Waals surface area (Å²) in [7, 11) is 1.36. The summed E-state index contributed by atoms with van der Waals surface area (Å²) in [6.45, 7) is 6.39. The van der Waals surface area contributed by atoms with E-state index < -0.39 is 17.6 Å². The lowest BCUT2D eigenvalue weighted by Crippen LogP contribution is -2.24. The molecule has 102 valence electrons. The van der Waals surface area contributed by atoms with Crippen molar-refractivity contribution in [2.75, 3.05) is 7.05 Å². The van der Waals surface area contributed by atoms with Gasteiger partial charge < -0.3 is 0 Å². The summed E-state index contributed by atoms with van der Waals surface area (Å²) in [5, 5.41) is 0. The van der Waals surface area contributed by atoms with Gasteiger partial charge in [0.25, 0.3) is 11.8 Å². The molecule has 0 unspecified atom stereocenters. The Morgan fingerprint density at radius 3 is 1.85 bits per heavy atom. The van der Waals surface area contributed by atoms with Crippen molar-refractivity contribution in [2.24, 2.45) is 0 Å². The molecule has 1 heterocycles. The summed E-state index contributed by atoms with van der Waals surface area (Å²) in [5.74, 6) is -1.70. The zero-order valence-electron chi connectivity index (χ0n) is 11.4. The van der Waals surface area contributed by atoms with Crippen molar-refractivity contribution in [1.82, 2.24) is 4.90 Å². The highest BCUT2D eigenvalue weighted by molar-refractivity contribution is 6.24. The third-order valence-corrected chi connectivity index (χ3v) is 3.24. The fourth-order valence-corrected chi connectivity index (χ4v) is 2.12. The van der Waals surface area contributed by atoms with Crippen molar-refractivity contribution in [1.29, 1.82) is 0 Å². The molecule has 1 aliphatic rings. The number of imide groups is 1. The Hall–Kier alpha value is -2.56. The smallest absolute Gasteiger partial charge is 0.261 e. The van der Waals surface area contributed by atoms with Crippen LogP contribution in [-0.2, 0) is 0 Å². The van der Waals surface area contributed by atoms with E-state index in [0.717, 1.165) is 4.90 Å². The maximum atomic E-state index is 12.1. The van der Waals surface area contributed by atoms with Crippen molar-refractivity contribution in [2.45, 2.75) is 13.8 Å². The first-order valence-corrected chi connectivity index (χ1v) is 5.97. The zero-order valence-corrected chi connectivity index (χ0v) is 11.4. The van der Waals surface area contributed by atoms with Gasteiger partial charge in [0.1, 0.15) is 0 Å². The molecule has 0 fully saturated rings. The Labute approximate surface area is 115 Å². The Kier molecular flexibility index (Phi) is 3.13. The number of ketones is 2. The molecule has 20 heavy (non-hydrogen) atoms. The Morgan fingerprint density at radius 1 is 1.00 bits per heavy atom. The van der Waals surface area contributed by atoms with Crippen LogP contribution < -0.4 is 0 Å². The number of fused-ring (bicyclic) bond motifs is 1. The van der Waals surface area contributed by atoms with E-state index >= 15 is 0 Å². The minimum Gasteiger partial charge on any atom is -0.294 e. The van der Waals surface area contributed by atoms with Crippen LogP contribution in [0.5, 0.6) is 0 Å². The summed E-state index contributed by atoms with van der Waals surface area (Å²) in [4.78, 5) is 48.5. The lowest BCUT2D eigenvalue weighted by atomic mass is 9.93. The molecule has 0 atom stereocenters. The maximum absolute atomic E-state index is 12.1. The van der Waals surface area contributed by atoms with Crippen molar-refractivity contribution in [3.8, 4) is 0 Å². The minimum absolute atomic E-state index is 0.111. The van der Waals surface area contributed by atoms with E-state index in [1.165, 1.54) is 33.0 Å². The quantitative estimate of drug-likeness (QED) is 0.478. The van der Waals surface area contributed by atoms with Gasteiger partial charge in [0.2, 0.25) is 0 Å². The highest BCUT2D eigenvalue weighted by Gasteiger charge is 2.35. The molecule has 2 rings (SSSR count). The van der Waals surface area contributed by atoms with E-state index in [2.05, 4.69) is 6.58 Å². The summed E-state index contributed by atoms with van der Waals surface area (Å²) in [6.07, 6.45) is 0. The highest BCUT2D eigenvalue weighted by atomic mass is 16.2. The van der Waals surface area contributed by atoms with Crippen LogP contribution in [0.15, 0.2) is 24.3 Å². The van der Waals surface area contributed by atoms with Gasteiger partial charge in [-0.1, -0.05) is 6.58 Å². The number of hydrogen-bond acceptors (Lipinski definition) is 4. The number of carbonyl (C=O) groups is 4. The number of nitrogens with zero attached hydrogens (tertiary/aromatic N) is 1. The van der Waals surface area contributed by atoms with E-state index in [4.69, 9.17) is 0 Å². The first kappa shape index (κ1) is 13.9. The SMILES string of the molecule is C=C(C)C(=O)c1cc2c(cc1C(C)=O)C(=O)N(C)C2=O. The molecular weight excluding hydrogens is 258 g/mol. The molecule has 0 aromatic heterocycles. The largest absolute Gasteiger partial charge is 0.294 e. The Bertz CT molecular complexity index is 700. The molecule has 5 heteroatoms. The second-order valence-electron chi connectivity index (χ2n) is 4.78. The molecule has 0 bridgehead atoms. The molecule has 1 aliphatic heterocycles. The predicted octanol–water partition coefficient (Wildman–Crippen LogP) is 1.87. The number of amides is 2. The highest BCUT2D eigenvalue weighted by Crippen LogP contribution is 2.27. The molecule has 0 aliphatic carbocycles. The average Bonchev–Trinajstić information content (AvgIpc) is 2.61. The third-order valence-electron chi connectivity index (χ3n) is 3.24. The standard InChI is InChI=1S/C15H13NO4/c1-7(2)13(18)10-6-12-11(5-9(10)8(3)17)14(19)16(4)15(12)20/h5-6H,1H2,2-4H3. The van der Waals surface area contributed by atoms with Gasteiger partial charge in [-0.2, -0.15) is 0 Å². The van der Waals surface area contributed by atoms with E-state index in [1.54, 1.807) is 0 Å².